The highest BCUT2D eigenvalue weighted by molar-refractivity contribution is 5.75. The van der Waals surface area contributed by atoms with Crippen LogP contribution in [0.3, 0.4) is 0 Å². The van der Waals surface area contributed by atoms with Gasteiger partial charge in [0.25, 0.3) is 0 Å². The lowest BCUT2D eigenvalue weighted by atomic mass is 10.0. The predicted octanol–water partition coefficient (Wildman–Crippen LogP) is 5.53. The molecule has 3 heteroatoms. The maximum Gasteiger partial charge on any atom is 0.224 e. The molecule has 0 unspecified atom stereocenters. The van der Waals surface area contributed by atoms with Crippen molar-refractivity contribution in [1.29, 1.82) is 0 Å². The summed E-state index contributed by atoms with van der Waals surface area (Å²) in [5.41, 5.74) is 0. The van der Waals surface area contributed by atoms with Crippen molar-refractivity contribution in [3.8, 4) is 0 Å². The molecule has 3 nitrogen and oxygen atoms in total. The quantitative estimate of drug-likeness (QED) is 0.309. The van der Waals surface area contributed by atoms with Crippen LogP contribution in [0.5, 0.6) is 0 Å². The fraction of sp³-hybridized carbons (Fsp3) is 0.727. The molecule has 0 aliphatic carbocycles. The van der Waals surface area contributed by atoms with Crippen LogP contribution in [-0.4, -0.2) is 5.91 Å². The van der Waals surface area contributed by atoms with Crippen LogP contribution in [0.25, 0.3) is 0 Å². The number of rotatable bonds is 16. The molecular formula is C22H39N2O+. The number of aromatic nitrogens is 1. The Hall–Kier alpha value is -1.38. The monoisotopic (exact) mass is 347 g/mol. The van der Waals surface area contributed by atoms with Gasteiger partial charge in [0.15, 0.2) is 12.4 Å². The normalized spacial score (nSPS) is 10.8. The predicted molar refractivity (Wildman–Crippen MR) is 105 cm³/mol. The summed E-state index contributed by atoms with van der Waals surface area (Å²) >= 11 is 0. The topological polar surface area (TPSA) is 33.0 Å². The lowest BCUT2D eigenvalue weighted by Gasteiger charge is -2.04. The number of nitrogens with one attached hydrogen (secondary N) is 1. The van der Waals surface area contributed by atoms with Crippen molar-refractivity contribution >= 4 is 5.91 Å². The molecule has 0 saturated carbocycles. The smallest absolute Gasteiger partial charge is 0.224 e. The average molecular weight is 348 g/mol. The zero-order valence-electron chi connectivity index (χ0n) is 16.3. The van der Waals surface area contributed by atoms with Crippen LogP contribution in [0.4, 0.5) is 0 Å². The number of hydrogen-bond acceptors (Lipinski definition) is 1. The van der Waals surface area contributed by atoms with Gasteiger partial charge in [0, 0.05) is 18.6 Å². The van der Waals surface area contributed by atoms with E-state index in [9.17, 15) is 4.79 Å². The number of carbonyl (C=O) groups is 1. The highest BCUT2D eigenvalue weighted by Crippen LogP contribution is 2.12. The van der Waals surface area contributed by atoms with E-state index in [1.165, 1.54) is 77.0 Å². The molecule has 0 fully saturated rings. The molecule has 0 aliphatic heterocycles. The second-order valence-corrected chi connectivity index (χ2v) is 7.14. The van der Waals surface area contributed by atoms with E-state index in [4.69, 9.17) is 0 Å². The molecule has 0 aromatic carbocycles. The van der Waals surface area contributed by atoms with Crippen molar-refractivity contribution in [2.45, 2.75) is 103 Å². The summed E-state index contributed by atoms with van der Waals surface area (Å²) in [4.78, 5) is 11.8. The third-order valence-electron chi connectivity index (χ3n) is 4.74. The minimum Gasteiger partial charge on any atom is -0.301 e. The van der Waals surface area contributed by atoms with Crippen LogP contribution >= 0.6 is 0 Å². The number of hydrogen-bond donors (Lipinski definition) is 1. The van der Waals surface area contributed by atoms with Crippen LogP contribution < -0.4 is 9.88 Å². The fourth-order valence-electron chi connectivity index (χ4n) is 3.11. The molecule has 1 rings (SSSR count). The van der Waals surface area contributed by atoms with Crippen LogP contribution in [0.1, 0.15) is 96.8 Å². The first-order valence-corrected chi connectivity index (χ1v) is 10.5. The van der Waals surface area contributed by atoms with Gasteiger partial charge in [-0.2, -0.15) is 4.57 Å². The highest BCUT2D eigenvalue weighted by Gasteiger charge is 2.03. The summed E-state index contributed by atoms with van der Waals surface area (Å²) in [6.07, 6.45) is 22.0. The molecule has 0 saturated heterocycles. The zero-order valence-corrected chi connectivity index (χ0v) is 16.3. The van der Waals surface area contributed by atoms with Crippen molar-refractivity contribution in [3.05, 3.63) is 30.6 Å². The van der Waals surface area contributed by atoms with Crippen molar-refractivity contribution < 1.29 is 9.36 Å². The Kier molecular flexibility index (Phi) is 14.0. The molecule has 0 radical (unpaired) electrons. The number of amides is 1. The maximum absolute atomic E-state index is 11.8. The molecule has 1 aromatic heterocycles. The Bertz CT molecular complexity index is 419. The largest absolute Gasteiger partial charge is 0.301 e. The van der Waals surface area contributed by atoms with E-state index in [1.54, 1.807) is 0 Å². The third-order valence-corrected chi connectivity index (χ3v) is 4.74. The number of unbranched alkanes of at least 4 members (excludes halogenated alkanes) is 12. The molecule has 25 heavy (non-hydrogen) atoms. The molecular weight excluding hydrogens is 308 g/mol. The van der Waals surface area contributed by atoms with Gasteiger partial charge in [-0.1, -0.05) is 90.0 Å². The lowest BCUT2D eigenvalue weighted by Crippen LogP contribution is -2.42. The van der Waals surface area contributed by atoms with Gasteiger partial charge in [0.1, 0.15) is 0 Å². The van der Waals surface area contributed by atoms with Crippen LogP contribution in [-0.2, 0) is 11.5 Å². The molecule has 0 bridgehead atoms. The minimum absolute atomic E-state index is 0.166. The van der Waals surface area contributed by atoms with Crippen LogP contribution in [0.2, 0.25) is 0 Å². The average Bonchev–Trinajstić information content (AvgIpc) is 2.64. The minimum atomic E-state index is 0.166. The number of carbonyl (C=O) groups excluding carboxylic acids is 1. The Labute approximate surface area is 155 Å². The van der Waals surface area contributed by atoms with E-state index in [1.807, 2.05) is 35.2 Å². The van der Waals surface area contributed by atoms with Crippen molar-refractivity contribution in [2.24, 2.45) is 0 Å². The van der Waals surface area contributed by atoms with E-state index < -0.39 is 0 Å². The standard InChI is InChI=1S/C22H38N2O/c1-2-3-4-5-6-7-8-9-10-11-12-13-15-18-22(25)23-21-24-19-16-14-17-20-24/h14,16-17,19-20H,2-13,15,18,21H2,1H3/p+1. The van der Waals surface area contributed by atoms with Gasteiger partial charge >= 0.3 is 0 Å². The fourth-order valence-corrected chi connectivity index (χ4v) is 3.11. The molecule has 1 N–H and O–H groups in total. The highest BCUT2D eigenvalue weighted by atomic mass is 16.1. The molecule has 142 valence electrons. The van der Waals surface area contributed by atoms with E-state index >= 15 is 0 Å². The Morgan fingerprint density at radius 2 is 1.20 bits per heavy atom. The SMILES string of the molecule is CCCCCCCCCCCCCCCC(=O)NC[n+]1ccccc1. The Morgan fingerprint density at radius 3 is 1.72 bits per heavy atom. The van der Waals surface area contributed by atoms with Crippen LogP contribution in [0, 0.1) is 0 Å². The first-order valence-electron chi connectivity index (χ1n) is 10.5. The van der Waals surface area contributed by atoms with Gasteiger partial charge in [0.05, 0.1) is 0 Å². The first-order chi connectivity index (χ1) is 12.3. The summed E-state index contributed by atoms with van der Waals surface area (Å²) in [5, 5.41) is 2.97. The van der Waals surface area contributed by atoms with Gasteiger partial charge in [-0.3, -0.25) is 4.79 Å². The Morgan fingerprint density at radius 1 is 0.720 bits per heavy atom. The zero-order chi connectivity index (χ0) is 18.0. The second kappa shape index (κ2) is 16.1. The van der Waals surface area contributed by atoms with Gasteiger partial charge in [-0.05, 0) is 6.42 Å². The van der Waals surface area contributed by atoms with Gasteiger partial charge in [-0.25, -0.2) is 0 Å². The summed E-state index contributed by atoms with van der Waals surface area (Å²) in [6, 6.07) is 5.92. The summed E-state index contributed by atoms with van der Waals surface area (Å²) in [6.45, 7) is 2.84. The lowest BCUT2D eigenvalue weighted by molar-refractivity contribution is -0.700. The van der Waals surface area contributed by atoms with E-state index in [0.717, 1.165) is 6.42 Å². The summed E-state index contributed by atoms with van der Waals surface area (Å²) < 4.78 is 1.97. The van der Waals surface area contributed by atoms with E-state index in [0.29, 0.717) is 13.1 Å². The molecule has 0 atom stereocenters. The summed E-state index contributed by atoms with van der Waals surface area (Å²) in [7, 11) is 0. The molecule has 1 amide bonds. The van der Waals surface area contributed by atoms with Gasteiger partial charge < -0.3 is 5.32 Å². The van der Waals surface area contributed by atoms with Gasteiger partial charge in [0.2, 0.25) is 12.6 Å². The van der Waals surface area contributed by atoms with Crippen molar-refractivity contribution in [1.82, 2.24) is 5.32 Å². The molecule has 0 aliphatic rings. The second-order valence-electron chi connectivity index (χ2n) is 7.14. The Balaban J connectivity index is 1.80. The molecule has 1 heterocycles. The third kappa shape index (κ3) is 13.6. The number of pyridine rings is 1. The first kappa shape index (κ1) is 21.7. The molecule has 1 aromatic rings. The van der Waals surface area contributed by atoms with Gasteiger partial charge in [-0.15, -0.1) is 0 Å². The number of nitrogens with zero attached hydrogens (tertiary/aromatic N) is 1. The summed E-state index contributed by atoms with van der Waals surface area (Å²) in [5.74, 6) is 0.166. The van der Waals surface area contributed by atoms with Crippen molar-refractivity contribution in [3.63, 3.8) is 0 Å². The molecule has 0 spiro atoms. The van der Waals surface area contributed by atoms with E-state index in [-0.39, 0.29) is 5.91 Å². The van der Waals surface area contributed by atoms with E-state index in [2.05, 4.69) is 12.2 Å². The maximum atomic E-state index is 11.8. The van der Waals surface area contributed by atoms with Crippen LogP contribution in [0.15, 0.2) is 30.6 Å². The van der Waals surface area contributed by atoms with Crippen molar-refractivity contribution in [2.75, 3.05) is 0 Å².